The van der Waals surface area contributed by atoms with Gasteiger partial charge >= 0.3 is 0 Å². The molecule has 0 spiro atoms. The zero-order chi connectivity index (χ0) is 17.4. The minimum atomic E-state index is 0.226. The first kappa shape index (κ1) is 16.9. The fraction of sp³-hybridized carbons (Fsp3) is 0.619. The lowest BCUT2D eigenvalue weighted by molar-refractivity contribution is 0.0693. The van der Waals surface area contributed by atoms with Gasteiger partial charge in [-0.15, -0.1) is 6.58 Å². The summed E-state index contributed by atoms with van der Waals surface area (Å²) in [6, 6.07) is 5.26. The van der Waals surface area contributed by atoms with E-state index < -0.39 is 0 Å². The number of methoxy groups -OCH3 is 1. The van der Waals surface area contributed by atoms with Gasteiger partial charge < -0.3 is 20.1 Å². The average Bonchev–Trinajstić information content (AvgIpc) is 3.05. The molecule has 4 nitrogen and oxygen atoms in total. The summed E-state index contributed by atoms with van der Waals surface area (Å²) in [4.78, 5) is 0. The van der Waals surface area contributed by atoms with Crippen LogP contribution in [-0.2, 0) is 6.42 Å². The topological polar surface area (TPSA) is 42.5 Å². The van der Waals surface area contributed by atoms with Gasteiger partial charge in [-0.05, 0) is 49.8 Å². The molecule has 3 aliphatic rings. The van der Waals surface area contributed by atoms with Gasteiger partial charge in [0.25, 0.3) is 0 Å². The van der Waals surface area contributed by atoms with Crippen LogP contribution in [0.15, 0.2) is 24.8 Å². The smallest absolute Gasteiger partial charge is 0.165 e. The maximum Gasteiger partial charge on any atom is 0.165 e. The van der Waals surface area contributed by atoms with Crippen molar-refractivity contribution in [2.75, 3.05) is 20.2 Å². The Morgan fingerprint density at radius 1 is 1.28 bits per heavy atom. The third kappa shape index (κ3) is 2.76. The Kier molecular flexibility index (Phi) is 4.74. The lowest BCUT2D eigenvalue weighted by Crippen LogP contribution is -2.55. The van der Waals surface area contributed by atoms with E-state index in [1.807, 2.05) is 6.08 Å². The Bertz CT molecular complexity index is 645. The third-order valence-corrected chi connectivity index (χ3v) is 6.22. The summed E-state index contributed by atoms with van der Waals surface area (Å²) in [6.45, 7) is 8.02. The summed E-state index contributed by atoms with van der Waals surface area (Å²) in [5.41, 5.74) is 2.85. The van der Waals surface area contributed by atoms with Crippen molar-refractivity contribution < 1.29 is 9.47 Å². The second kappa shape index (κ2) is 7.00. The first-order valence-electron chi connectivity index (χ1n) is 9.72. The molecule has 136 valence electrons. The summed E-state index contributed by atoms with van der Waals surface area (Å²) in [6.07, 6.45) is 6.85. The fourth-order valence-corrected chi connectivity index (χ4v) is 5.17. The number of hydrogen-bond donors (Lipinski definition) is 2. The number of hydrogen-bond acceptors (Lipinski definition) is 4. The van der Waals surface area contributed by atoms with Gasteiger partial charge in [0.1, 0.15) is 6.10 Å². The van der Waals surface area contributed by atoms with Crippen LogP contribution in [0.25, 0.3) is 0 Å². The average molecular weight is 342 g/mol. The van der Waals surface area contributed by atoms with Crippen LogP contribution >= 0.6 is 0 Å². The molecule has 2 N–H and O–H groups in total. The van der Waals surface area contributed by atoms with E-state index in [0.717, 1.165) is 37.4 Å². The number of benzene rings is 1. The number of rotatable bonds is 7. The van der Waals surface area contributed by atoms with Crippen molar-refractivity contribution in [2.24, 2.45) is 5.92 Å². The van der Waals surface area contributed by atoms with Gasteiger partial charge in [-0.3, -0.25) is 0 Å². The molecule has 5 unspecified atom stereocenters. The monoisotopic (exact) mass is 342 g/mol. The summed E-state index contributed by atoms with van der Waals surface area (Å²) < 4.78 is 12.2. The van der Waals surface area contributed by atoms with Crippen LogP contribution in [0.1, 0.15) is 43.2 Å². The van der Waals surface area contributed by atoms with Crippen LogP contribution in [0.3, 0.4) is 0 Å². The molecule has 0 radical (unpaired) electrons. The molecule has 4 rings (SSSR count). The minimum absolute atomic E-state index is 0.226. The normalized spacial score (nSPS) is 32.0. The molecule has 0 aromatic heterocycles. The molecule has 0 amide bonds. The number of ether oxygens (including phenoxy) is 2. The molecule has 1 aliphatic heterocycles. The van der Waals surface area contributed by atoms with Gasteiger partial charge in [0.2, 0.25) is 0 Å². The Hall–Kier alpha value is -1.52. The van der Waals surface area contributed by atoms with E-state index in [-0.39, 0.29) is 6.10 Å². The SMILES string of the molecule is C=CCNC1Cc2ccc(OC)c3c2C2C1CCC(NCCC)C2O3. The van der Waals surface area contributed by atoms with Crippen LogP contribution in [0, 0.1) is 5.92 Å². The fourth-order valence-electron chi connectivity index (χ4n) is 5.17. The molecule has 1 saturated carbocycles. The van der Waals surface area contributed by atoms with Gasteiger partial charge in [0.15, 0.2) is 11.5 Å². The highest BCUT2D eigenvalue weighted by molar-refractivity contribution is 5.58. The third-order valence-electron chi connectivity index (χ3n) is 6.22. The molecule has 0 saturated heterocycles. The van der Waals surface area contributed by atoms with Crippen molar-refractivity contribution in [3.63, 3.8) is 0 Å². The Morgan fingerprint density at radius 2 is 2.16 bits per heavy atom. The van der Waals surface area contributed by atoms with Crippen LogP contribution in [0.2, 0.25) is 0 Å². The van der Waals surface area contributed by atoms with Gasteiger partial charge in [-0.1, -0.05) is 19.1 Å². The summed E-state index contributed by atoms with van der Waals surface area (Å²) in [5.74, 6) is 3.00. The molecule has 0 bridgehead atoms. The van der Waals surface area contributed by atoms with Crippen molar-refractivity contribution in [3.05, 3.63) is 35.9 Å². The highest BCUT2D eigenvalue weighted by Gasteiger charge is 2.53. The van der Waals surface area contributed by atoms with Crippen LogP contribution in [0.4, 0.5) is 0 Å². The molecule has 1 fully saturated rings. The largest absolute Gasteiger partial charge is 0.493 e. The molecule has 5 atom stereocenters. The van der Waals surface area contributed by atoms with Crippen LogP contribution < -0.4 is 20.1 Å². The first-order valence-corrected chi connectivity index (χ1v) is 9.72. The second-order valence-electron chi connectivity index (χ2n) is 7.59. The predicted molar refractivity (Wildman–Crippen MR) is 101 cm³/mol. The zero-order valence-corrected chi connectivity index (χ0v) is 15.4. The molecule has 2 aliphatic carbocycles. The quantitative estimate of drug-likeness (QED) is 0.748. The maximum absolute atomic E-state index is 6.55. The van der Waals surface area contributed by atoms with E-state index in [4.69, 9.17) is 9.47 Å². The van der Waals surface area contributed by atoms with E-state index >= 15 is 0 Å². The Balaban J connectivity index is 1.71. The molecular formula is C21H30N2O2. The Morgan fingerprint density at radius 3 is 2.92 bits per heavy atom. The van der Waals surface area contributed by atoms with Crippen molar-refractivity contribution in [1.29, 1.82) is 0 Å². The predicted octanol–water partition coefficient (Wildman–Crippen LogP) is 3.02. The van der Waals surface area contributed by atoms with Crippen molar-refractivity contribution in [1.82, 2.24) is 10.6 Å². The molecule has 25 heavy (non-hydrogen) atoms. The highest BCUT2D eigenvalue weighted by atomic mass is 16.5. The van der Waals surface area contributed by atoms with Gasteiger partial charge in [-0.2, -0.15) is 0 Å². The van der Waals surface area contributed by atoms with Gasteiger partial charge in [0, 0.05) is 30.1 Å². The molecule has 1 aromatic rings. The van der Waals surface area contributed by atoms with E-state index in [1.54, 1.807) is 7.11 Å². The Labute approximate surface area is 151 Å². The first-order chi connectivity index (χ1) is 12.3. The van der Waals surface area contributed by atoms with Crippen molar-refractivity contribution in [3.8, 4) is 11.5 Å². The van der Waals surface area contributed by atoms with Crippen LogP contribution in [0.5, 0.6) is 11.5 Å². The van der Waals surface area contributed by atoms with Gasteiger partial charge in [-0.25, -0.2) is 0 Å². The molecule has 4 heteroatoms. The van der Waals surface area contributed by atoms with Crippen LogP contribution in [-0.4, -0.2) is 38.4 Å². The summed E-state index contributed by atoms with van der Waals surface area (Å²) in [7, 11) is 1.74. The number of nitrogens with one attached hydrogen (secondary N) is 2. The second-order valence-corrected chi connectivity index (χ2v) is 7.59. The zero-order valence-electron chi connectivity index (χ0n) is 15.4. The molecule has 1 aromatic carbocycles. The maximum atomic E-state index is 6.55. The highest BCUT2D eigenvalue weighted by Crippen LogP contribution is 2.56. The minimum Gasteiger partial charge on any atom is -0.493 e. The van der Waals surface area contributed by atoms with Crippen molar-refractivity contribution >= 4 is 0 Å². The lowest BCUT2D eigenvalue weighted by Gasteiger charge is -2.45. The van der Waals surface area contributed by atoms with E-state index in [2.05, 4.69) is 36.3 Å². The molecular weight excluding hydrogens is 312 g/mol. The standard InChI is InChI=1S/C21H30N2O2/c1-4-10-22-15-8-7-14-16(23-11-5-2)12-13-6-9-17(24-3)21-18(13)19(14)20(15)25-21/h5-6,9,14-16,19-20,22-23H,2,4,7-8,10-12H2,1,3H3. The summed E-state index contributed by atoms with van der Waals surface area (Å²) >= 11 is 0. The van der Waals surface area contributed by atoms with E-state index in [9.17, 15) is 0 Å². The van der Waals surface area contributed by atoms with Crippen molar-refractivity contribution in [2.45, 2.75) is 56.7 Å². The van der Waals surface area contributed by atoms with E-state index in [0.29, 0.717) is 23.9 Å². The van der Waals surface area contributed by atoms with Gasteiger partial charge in [0.05, 0.1) is 7.11 Å². The molecule has 1 heterocycles. The lowest BCUT2D eigenvalue weighted by atomic mass is 9.64. The summed E-state index contributed by atoms with van der Waals surface area (Å²) in [5, 5.41) is 7.45. The van der Waals surface area contributed by atoms with E-state index in [1.165, 1.54) is 24.0 Å².